The van der Waals surface area contributed by atoms with Crippen molar-refractivity contribution in [3.8, 4) is 11.5 Å². The highest BCUT2D eigenvalue weighted by atomic mass is 16.6. The number of nitrogens with one attached hydrogen (secondary N) is 1. The zero-order valence-corrected chi connectivity index (χ0v) is 15.3. The number of fused-ring (bicyclic) bond motifs is 1. The van der Waals surface area contributed by atoms with Crippen LogP contribution in [0, 0.1) is 0 Å². The Labute approximate surface area is 158 Å². The molecule has 1 aromatic carbocycles. The summed E-state index contributed by atoms with van der Waals surface area (Å²) in [5, 5.41) is 7.05. The number of rotatable bonds is 5. The Hall–Kier alpha value is -2.50. The largest absolute Gasteiger partial charge is 0.486 e. The van der Waals surface area contributed by atoms with Gasteiger partial charge in [0.1, 0.15) is 19.0 Å². The molecule has 0 atom stereocenters. The highest BCUT2D eigenvalue weighted by molar-refractivity contribution is 5.92. The van der Waals surface area contributed by atoms with E-state index in [1.807, 2.05) is 6.07 Å². The molecule has 1 N–H and O–H groups in total. The fourth-order valence-electron chi connectivity index (χ4n) is 4.29. The molecule has 3 aliphatic rings. The zero-order chi connectivity index (χ0) is 18.3. The van der Waals surface area contributed by atoms with Gasteiger partial charge in [0.2, 0.25) is 0 Å². The summed E-state index contributed by atoms with van der Waals surface area (Å²) in [6, 6.07) is 7.99. The first-order valence-corrected chi connectivity index (χ1v) is 9.88. The van der Waals surface area contributed by atoms with Crippen LogP contribution in [0.4, 0.5) is 0 Å². The maximum Gasteiger partial charge on any atom is 0.273 e. The van der Waals surface area contributed by atoms with Crippen molar-refractivity contribution in [2.75, 3.05) is 19.8 Å². The molecule has 0 saturated heterocycles. The topological polar surface area (TPSA) is 73.6 Å². The number of hydrogen-bond acceptors (Lipinski definition) is 5. The van der Waals surface area contributed by atoms with Gasteiger partial charge in [-0.05, 0) is 43.4 Å². The average molecular weight is 368 g/mol. The van der Waals surface area contributed by atoms with Crippen LogP contribution in [0.3, 0.4) is 0 Å². The normalized spacial score (nSPS) is 20.4. The third-order valence-corrected chi connectivity index (χ3v) is 6.04. The standard InChI is InChI=1S/C21H24N2O4/c24-20(16-12-18(27-23-16)14-3-4-14)22-13-21(7-1-2-8-21)15-5-6-17-19(11-15)26-10-9-25-17/h5-6,11-12,14H,1-4,7-10,13H2,(H,22,24). The minimum Gasteiger partial charge on any atom is -0.486 e. The second-order valence-corrected chi connectivity index (χ2v) is 7.92. The van der Waals surface area contributed by atoms with E-state index >= 15 is 0 Å². The summed E-state index contributed by atoms with van der Waals surface area (Å²) < 4.78 is 16.7. The average Bonchev–Trinajstić information content (AvgIpc) is 3.24. The minimum absolute atomic E-state index is 0.0610. The molecule has 0 unspecified atom stereocenters. The summed E-state index contributed by atoms with van der Waals surface area (Å²) in [6.45, 7) is 1.76. The molecule has 142 valence electrons. The van der Waals surface area contributed by atoms with Gasteiger partial charge >= 0.3 is 0 Å². The smallest absolute Gasteiger partial charge is 0.273 e. The first-order valence-electron chi connectivity index (χ1n) is 9.88. The Balaban J connectivity index is 1.33. The molecule has 0 spiro atoms. The van der Waals surface area contributed by atoms with E-state index in [4.69, 9.17) is 14.0 Å². The Morgan fingerprint density at radius 3 is 2.67 bits per heavy atom. The quantitative estimate of drug-likeness (QED) is 0.873. The maximum absolute atomic E-state index is 12.6. The summed E-state index contributed by atoms with van der Waals surface area (Å²) >= 11 is 0. The van der Waals surface area contributed by atoms with Crippen LogP contribution in [0.15, 0.2) is 28.8 Å². The molecule has 1 amide bonds. The van der Waals surface area contributed by atoms with E-state index in [1.54, 1.807) is 6.07 Å². The lowest BCUT2D eigenvalue weighted by Crippen LogP contribution is -2.39. The lowest BCUT2D eigenvalue weighted by Gasteiger charge is -2.31. The van der Waals surface area contributed by atoms with E-state index in [0.29, 0.717) is 31.4 Å². The number of benzene rings is 1. The molecular weight excluding hydrogens is 344 g/mol. The van der Waals surface area contributed by atoms with Gasteiger partial charge in [0, 0.05) is 23.9 Å². The van der Waals surface area contributed by atoms with Crippen LogP contribution in [0.2, 0.25) is 0 Å². The van der Waals surface area contributed by atoms with E-state index in [0.717, 1.165) is 42.9 Å². The van der Waals surface area contributed by atoms with Crippen LogP contribution in [-0.2, 0) is 5.41 Å². The summed E-state index contributed by atoms with van der Waals surface area (Å²) in [7, 11) is 0. The van der Waals surface area contributed by atoms with Gasteiger partial charge < -0.3 is 19.3 Å². The van der Waals surface area contributed by atoms with Crippen LogP contribution < -0.4 is 14.8 Å². The molecule has 1 aromatic heterocycles. The van der Waals surface area contributed by atoms with Gasteiger partial charge in [-0.2, -0.15) is 0 Å². The highest BCUT2D eigenvalue weighted by Crippen LogP contribution is 2.44. The Morgan fingerprint density at radius 2 is 1.89 bits per heavy atom. The van der Waals surface area contributed by atoms with Crippen molar-refractivity contribution in [2.24, 2.45) is 0 Å². The Kier molecular flexibility index (Phi) is 4.06. The zero-order valence-electron chi connectivity index (χ0n) is 15.3. The molecule has 2 aliphatic carbocycles. The van der Waals surface area contributed by atoms with Gasteiger partial charge in [-0.1, -0.05) is 24.1 Å². The second-order valence-electron chi connectivity index (χ2n) is 7.92. The van der Waals surface area contributed by atoms with Crippen molar-refractivity contribution in [1.29, 1.82) is 0 Å². The van der Waals surface area contributed by atoms with Crippen LogP contribution in [-0.4, -0.2) is 30.8 Å². The SMILES string of the molecule is O=C(NCC1(c2ccc3c(c2)OCCO3)CCCC1)c1cc(C2CC2)on1. The second kappa shape index (κ2) is 6.59. The fraction of sp³-hybridized carbons (Fsp3) is 0.524. The summed E-state index contributed by atoms with van der Waals surface area (Å²) in [5.41, 5.74) is 1.53. The van der Waals surface area contributed by atoms with E-state index in [-0.39, 0.29) is 11.3 Å². The summed E-state index contributed by atoms with van der Waals surface area (Å²) in [4.78, 5) is 12.6. The third-order valence-electron chi connectivity index (χ3n) is 6.04. The Bertz CT molecular complexity index is 850. The van der Waals surface area contributed by atoms with Crippen molar-refractivity contribution in [3.63, 3.8) is 0 Å². The number of ether oxygens (including phenoxy) is 2. The molecule has 6 nitrogen and oxygen atoms in total. The van der Waals surface area contributed by atoms with Gasteiger partial charge in [0.15, 0.2) is 17.2 Å². The molecule has 2 heterocycles. The van der Waals surface area contributed by atoms with Gasteiger partial charge in [-0.3, -0.25) is 4.79 Å². The molecule has 1 aliphatic heterocycles. The maximum atomic E-state index is 12.6. The van der Waals surface area contributed by atoms with Crippen LogP contribution >= 0.6 is 0 Å². The van der Waals surface area contributed by atoms with Crippen LogP contribution in [0.1, 0.15) is 66.3 Å². The van der Waals surface area contributed by atoms with Crippen LogP contribution in [0.5, 0.6) is 11.5 Å². The van der Waals surface area contributed by atoms with Gasteiger partial charge in [0.25, 0.3) is 5.91 Å². The van der Waals surface area contributed by atoms with Crippen LogP contribution in [0.25, 0.3) is 0 Å². The first kappa shape index (κ1) is 16.7. The number of hydrogen-bond donors (Lipinski definition) is 1. The van der Waals surface area contributed by atoms with E-state index in [9.17, 15) is 4.79 Å². The van der Waals surface area contributed by atoms with Crippen molar-refractivity contribution in [1.82, 2.24) is 10.5 Å². The molecule has 2 aromatic rings. The number of carbonyl (C=O) groups is 1. The molecule has 2 saturated carbocycles. The van der Waals surface area contributed by atoms with Gasteiger partial charge in [-0.15, -0.1) is 0 Å². The lowest BCUT2D eigenvalue weighted by molar-refractivity contribution is 0.0934. The van der Waals surface area contributed by atoms with Gasteiger partial charge in [-0.25, -0.2) is 0 Å². The molecule has 0 radical (unpaired) electrons. The van der Waals surface area contributed by atoms with Crippen molar-refractivity contribution >= 4 is 5.91 Å². The van der Waals surface area contributed by atoms with Gasteiger partial charge in [0.05, 0.1) is 0 Å². The molecule has 2 fully saturated rings. The molecule has 27 heavy (non-hydrogen) atoms. The summed E-state index contributed by atoms with van der Waals surface area (Å²) in [6.07, 6.45) is 6.70. The molecule has 5 rings (SSSR count). The molecular formula is C21H24N2O4. The minimum atomic E-state index is -0.158. The monoisotopic (exact) mass is 368 g/mol. The highest BCUT2D eigenvalue weighted by Gasteiger charge is 2.37. The number of amides is 1. The lowest BCUT2D eigenvalue weighted by atomic mass is 9.78. The fourth-order valence-corrected chi connectivity index (χ4v) is 4.29. The van der Waals surface area contributed by atoms with Crippen molar-refractivity contribution in [3.05, 3.63) is 41.3 Å². The van der Waals surface area contributed by atoms with Crippen molar-refractivity contribution in [2.45, 2.75) is 49.9 Å². The number of carbonyl (C=O) groups excluding carboxylic acids is 1. The molecule has 0 bridgehead atoms. The number of aromatic nitrogens is 1. The van der Waals surface area contributed by atoms with Crippen molar-refractivity contribution < 1.29 is 18.8 Å². The van der Waals surface area contributed by atoms with E-state index in [1.165, 1.54) is 18.4 Å². The predicted molar refractivity (Wildman–Crippen MR) is 98.4 cm³/mol. The summed E-state index contributed by atoms with van der Waals surface area (Å²) in [5.74, 6) is 2.74. The number of nitrogens with zero attached hydrogens (tertiary/aromatic N) is 1. The third kappa shape index (κ3) is 3.17. The first-order chi connectivity index (χ1) is 13.2. The molecule has 6 heteroatoms. The van der Waals surface area contributed by atoms with E-state index in [2.05, 4.69) is 22.6 Å². The predicted octanol–water partition coefficient (Wildman–Crippen LogP) is 3.57. The Morgan fingerprint density at radius 1 is 1.11 bits per heavy atom. The van der Waals surface area contributed by atoms with E-state index < -0.39 is 0 Å².